The Bertz CT molecular complexity index is 1060. The predicted molar refractivity (Wildman–Crippen MR) is 123 cm³/mol. The predicted octanol–water partition coefficient (Wildman–Crippen LogP) is 2.95. The molecule has 188 valence electrons. The summed E-state index contributed by atoms with van der Waals surface area (Å²) in [6.45, 7) is 2.24. The number of piperidine rings is 3. The lowest BCUT2D eigenvalue weighted by Gasteiger charge is -2.51. The lowest BCUT2D eigenvalue weighted by molar-refractivity contribution is -0.939. The van der Waals surface area contributed by atoms with Crippen molar-refractivity contribution >= 4 is 29.0 Å². The van der Waals surface area contributed by atoms with Crippen LogP contribution in [0.4, 0.5) is 14.6 Å². The number of carbonyl (C=O) groups is 2. The first kappa shape index (κ1) is 24.2. The molecule has 2 aromatic heterocycles. The van der Waals surface area contributed by atoms with Gasteiger partial charge in [-0.1, -0.05) is 6.07 Å². The van der Waals surface area contributed by atoms with E-state index in [-0.39, 0.29) is 31.2 Å². The summed E-state index contributed by atoms with van der Waals surface area (Å²) < 4.78 is 34.5. The summed E-state index contributed by atoms with van der Waals surface area (Å²) in [6, 6.07) is 3.29. The van der Waals surface area contributed by atoms with Gasteiger partial charge in [0.2, 0.25) is 5.92 Å². The number of quaternary nitrogens is 1. The van der Waals surface area contributed by atoms with Crippen molar-refractivity contribution in [1.29, 1.82) is 0 Å². The van der Waals surface area contributed by atoms with Crippen LogP contribution in [0.2, 0.25) is 0 Å². The number of thiophene rings is 1. The van der Waals surface area contributed by atoms with Crippen molar-refractivity contribution in [2.24, 2.45) is 11.8 Å². The van der Waals surface area contributed by atoms with Gasteiger partial charge in [-0.2, -0.15) is 0 Å². The average molecular weight is 508 g/mol. The number of amides is 1. The lowest BCUT2D eigenvalue weighted by Crippen LogP contribution is -2.66. The molecule has 3 aliphatic heterocycles. The molecule has 0 radical (unpaired) electrons. The molecular weight excluding hydrogens is 478 g/mol. The Kier molecular flexibility index (Phi) is 6.35. The van der Waals surface area contributed by atoms with E-state index in [9.17, 15) is 23.5 Å². The summed E-state index contributed by atoms with van der Waals surface area (Å²) in [4.78, 5) is 34.5. The fraction of sp³-hybridized carbons (Fsp3) is 0.583. The Labute approximate surface area is 205 Å². The van der Waals surface area contributed by atoms with Crippen LogP contribution in [0.15, 0.2) is 36.1 Å². The van der Waals surface area contributed by atoms with Crippen molar-refractivity contribution in [2.75, 3.05) is 31.5 Å². The molecule has 2 bridgehead atoms. The maximum Gasteiger partial charge on any atom is 0.344 e. The smallest absolute Gasteiger partial charge is 0.344 e. The third-order valence-corrected chi connectivity index (χ3v) is 8.81. The molecule has 4 aliphatic rings. The molecule has 35 heavy (non-hydrogen) atoms. The van der Waals surface area contributed by atoms with Crippen LogP contribution in [0, 0.1) is 11.8 Å². The number of nitrogens with zero attached hydrogens (tertiary/aromatic N) is 3. The minimum Gasteiger partial charge on any atom is -0.454 e. The van der Waals surface area contributed by atoms with Crippen LogP contribution < -0.4 is 5.32 Å². The summed E-state index contributed by atoms with van der Waals surface area (Å²) in [7, 11) is 0. The van der Waals surface area contributed by atoms with Gasteiger partial charge in [0.1, 0.15) is 6.54 Å². The Morgan fingerprint density at radius 3 is 2.71 bits per heavy atom. The number of hydrogen-bond donors (Lipinski definition) is 2. The highest BCUT2D eigenvalue weighted by Gasteiger charge is 2.57. The number of carbonyl (C=O) groups excluding carboxylic acids is 2. The van der Waals surface area contributed by atoms with Crippen molar-refractivity contribution in [3.8, 4) is 0 Å². The van der Waals surface area contributed by atoms with Gasteiger partial charge in [0.15, 0.2) is 24.1 Å². The van der Waals surface area contributed by atoms with Crippen LogP contribution in [-0.2, 0) is 19.9 Å². The Hall–Kier alpha value is -2.50. The molecule has 4 fully saturated rings. The van der Waals surface area contributed by atoms with E-state index in [0.29, 0.717) is 21.7 Å². The van der Waals surface area contributed by atoms with Gasteiger partial charge in [0.25, 0.3) is 5.91 Å². The maximum absolute atomic E-state index is 14.0. The highest BCUT2D eigenvalue weighted by Crippen LogP contribution is 2.49. The molecule has 11 heteroatoms. The molecule has 1 aliphatic carbocycles. The van der Waals surface area contributed by atoms with Gasteiger partial charge in [-0.15, -0.1) is 11.3 Å². The number of alkyl halides is 2. The molecule has 6 rings (SSSR count). The lowest BCUT2D eigenvalue weighted by atomic mass is 9.82. The molecule has 2 unspecified atom stereocenters. The van der Waals surface area contributed by atoms with Crippen molar-refractivity contribution in [3.63, 3.8) is 0 Å². The summed E-state index contributed by atoms with van der Waals surface area (Å²) >= 11 is 1.17. The average Bonchev–Trinajstić information content (AvgIpc) is 3.50. The summed E-state index contributed by atoms with van der Waals surface area (Å²) in [6.07, 6.45) is 4.73. The van der Waals surface area contributed by atoms with Crippen LogP contribution in [0.3, 0.4) is 0 Å². The molecule has 2 aromatic rings. The van der Waals surface area contributed by atoms with Crippen LogP contribution in [-0.4, -0.2) is 69.6 Å². The minimum absolute atomic E-state index is 0.0488. The first-order chi connectivity index (χ1) is 16.7. The highest BCUT2D eigenvalue weighted by atomic mass is 32.1. The van der Waals surface area contributed by atoms with E-state index in [2.05, 4.69) is 15.3 Å². The number of aliphatic hydroxyl groups is 1. The molecule has 1 saturated carbocycles. The summed E-state index contributed by atoms with van der Waals surface area (Å²) in [5.41, 5.74) is -2.10. The molecule has 1 amide bonds. The second kappa shape index (κ2) is 9.18. The van der Waals surface area contributed by atoms with Gasteiger partial charge in [-0.25, -0.2) is 18.6 Å². The largest absolute Gasteiger partial charge is 0.454 e. The highest BCUT2D eigenvalue weighted by molar-refractivity contribution is 7.10. The van der Waals surface area contributed by atoms with E-state index in [1.807, 2.05) is 0 Å². The zero-order valence-corrected chi connectivity index (χ0v) is 20.1. The number of aromatic nitrogens is 2. The third kappa shape index (κ3) is 4.81. The molecule has 3 saturated heterocycles. The topological polar surface area (TPSA) is 101 Å². The van der Waals surface area contributed by atoms with Crippen molar-refractivity contribution in [3.05, 3.63) is 41.0 Å². The maximum atomic E-state index is 14.0. The fourth-order valence-corrected chi connectivity index (χ4v) is 6.82. The monoisotopic (exact) mass is 507 g/mol. The molecule has 0 spiro atoms. The SMILES string of the molecule is O=C(C[N+]12CCC(CC1)C(OC(=O)[C@@](O)(c1cccs1)C1CCC(F)(F)C1)C2)Nc1cnccn1. The van der Waals surface area contributed by atoms with E-state index >= 15 is 0 Å². The molecule has 3 atom stereocenters. The number of halogens is 2. The number of hydrogen-bond acceptors (Lipinski definition) is 7. The van der Waals surface area contributed by atoms with Crippen LogP contribution >= 0.6 is 11.3 Å². The van der Waals surface area contributed by atoms with Gasteiger partial charge in [-0.05, 0) is 17.9 Å². The third-order valence-electron chi connectivity index (χ3n) is 7.81. The first-order valence-corrected chi connectivity index (χ1v) is 12.8. The second-order valence-corrected chi connectivity index (χ2v) is 11.0. The summed E-state index contributed by atoms with van der Waals surface area (Å²) in [5, 5.41) is 16.0. The molecule has 0 aromatic carbocycles. The molecule has 8 nitrogen and oxygen atoms in total. The number of fused-ring (bicyclic) bond motifs is 3. The van der Waals surface area contributed by atoms with E-state index in [1.54, 1.807) is 17.5 Å². The standard InChI is InChI=1S/C24H28F2N4O4S/c25-23(26)6-3-17(12-23)24(33,19-2-1-11-35-19)22(32)34-18-14-30(9-4-16(18)5-10-30)15-21(31)29-20-13-27-7-8-28-20/h1-2,7-8,11,13,16-18,33H,3-6,9-10,12,14-15H2/p+1/t16?,17?,18?,24-,30?/m0/s1. The number of esters is 1. The summed E-state index contributed by atoms with van der Waals surface area (Å²) in [5.74, 6) is -4.37. The van der Waals surface area contributed by atoms with E-state index in [4.69, 9.17) is 4.74 Å². The van der Waals surface area contributed by atoms with Crippen molar-refractivity contribution in [1.82, 2.24) is 9.97 Å². The van der Waals surface area contributed by atoms with Crippen LogP contribution in [0.5, 0.6) is 0 Å². The zero-order valence-electron chi connectivity index (χ0n) is 19.2. The Morgan fingerprint density at radius 2 is 2.09 bits per heavy atom. The van der Waals surface area contributed by atoms with Gasteiger partial charge >= 0.3 is 5.97 Å². The number of ether oxygens (including phenoxy) is 1. The minimum atomic E-state index is -2.91. The van der Waals surface area contributed by atoms with E-state index in [0.717, 1.165) is 25.9 Å². The second-order valence-electron chi connectivity index (χ2n) is 10.1. The van der Waals surface area contributed by atoms with Crippen LogP contribution in [0.25, 0.3) is 0 Å². The Morgan fingerprint density at radius 1 is 1.29 bits per heavy atom. The molecular formula is C24H29F2N4O4S+. The number of anilines is 1. The van der Waals surface area contributed by atoms with Crippen molar-refractivity contribution in [2.45, 2.75) is 49.7 Å². The van der Waals surface area contributed by atoms with E-state index in [1.165, 1.54) is 29.9 Å². The number of rotatable bonds is 7. The van der Waals surface area contributed by atoms with E-state index < -0.39 is 35.9 Å². The normalized spacial score (nSPS) is 31.0. The van der Waals surface area contributed by atoms with Gasteiger partial charge in [-0.3, -0.25) is 9.78 Å². The van der Waals surface area contributed by atoms with Gasteiger partial charge in [0.05, 0.1) is 19.3 Å². The Balaban J connectivity index is 1.30. The number of nitrogens with one attached hydrogen (secondary N) is 1. The van der Waals surface area contributed by atoms with Gasteiger partial charge < -0.3 is 19.6 Å². The quantitative estimate of drug-likeness (QED) is 0.442. The molecule has 5 heterocycles. The fourth-order valence-electron chi connectivity index (χ4n) is 5.93. The van der Waals surface area contributed by atoms with Crippen LogP contribution in [0.1, 0.15) is 37.0 Å². The molecule has 2 N–H and O–H groups in total. The zero-order chi connectivity index (χ0) is 24.7. The van der Waals surface area contributed by atoms with Gasteiger partial charge in [0, 0.05) is 54.8 Å². The first-order valence-electron chi connectivity index (χ1n) is 12.0. The van der Waals surface area contributed by atoms with Crippen molar-refractivity contribution < 1.29 is 32.7 Å².